The van der Waals surface area contributed by atoms with Crippen molar-refractivity contribution in [2.24, 2.45) is 0 Å². The van der Waals surface area contributed by atoms with E-state index in [-0.39, 0.29) is 5.97 Å². The van der Waals surface area contributed by atoms with Gasteiger partial charge in [-0.25, -0.2) is 4.79 Å². The molecule has 0 bridgehead atoms. The van der Waals surface area contributed by atoms with Crippen LogP contribution in [0.3, 0.4) is 0 Å². The molecule has 0 unspecified atom stereocenters. The highest BCUT2D eigenvalue weighted by molar-refractivity contribution is 6.19. The number of aryl methyl sites for hydroxylation is 1. The molecule has 0 saturated carbocycles. The normalized spacial score (nSPS) is 12.6. The maximum Gasteiger partial charge on any atom is 0.336 e. The number of carbonyl (C=O) groups excluding carboxylic acids is 1. The number of nitrogens with one attached hydrogen (secondary N) is 2. The third-order valence-corrected chi connectivity index (χ3v) is 3.69. The van der Waals surface area contributed by atoms with Crippen molar-refractivity contribution in [2.45, 2.75) is 6.92 Å². The first-order valence-corrected chi connectivity index (χ1v) is 7.95. The van der Waals surface area contributed by atoms with Crippen LogP contribution in [0.4, 0.5) is 5.69 Å². The number of para-hydroxylation sites is 1. The average molecular weight is 339 g/mol. The first-order valence-electron chi connectivity index (χ1n) is 7.95. The van der Waals surface area contributed by atoms with E-state index in [1.807, 2.05) is 42.5 Å². The molecule has 2 aromatic rings. The van der Waals surface area contributed by atoms with Crippen molar-refractivity contribution in [3.8, 4) is 0 Å². The van der Waals surface area contributed by atoms with Crippen molar-refractivity contribution in [1.29, 1.82) is 0 Å². The molecule has 0 spiro atoms. The van der Waals surface area contributed by atoms with Crippen molar-refractivity contribution < 1.29 is 19.5 Å². The van der Waals surface area contributed by atoms with Gasteiger partial charge in [-0.2, -0.15) is 0 Å². The van der Waals surface area contributed by atoms with Crippen LogP contribution in [0.15, 0.2) is 60.2 Å². The number of hydrogen-bond donors (Lipinski definition) is 2. The van der Waals surface area contributed by atoms with Gasteiger partial charge in [-0.1, -0.05) is 54.1 Å². The Morgan fingerprint density at radius 3 is 2.36 bits per heavy atom. The summed E-state index contributed by atoms with van der Waals surface area (Å²) in [5.41, 5.74) is 4.59. The van der Waals surface area contributed by atoms with Crippen LogP contribution in [-0.4, -0.2) is 32.9 Å². The third-order valence-electron chi connectivity index (χ3n) is 3.69. The number of hydrogen-bond acceptors (Lipinski definition) is 4. The summed E-state index contributed by atoms with van der Waals surface area (Å²) in [5, 5.41) is 5.84. The van der Waals surface area contributed by atoms with Crippen molar-refractivity contribution in [1.82, 2.24) is 0 Å². The molecule has 0 fully saturated rings. The molecule has 2 N–H and O–H groups in total. The topological polar surface area (TPSA) is 61.5 Å². The van der Waals surface area contributed by atoms with Gasteiger partial charge in [0.2, 0.25) is 6.21 Å². The van der Waals surface area contributed by atoms with Crippen LogP contribution in [0.5, 0.6) is 0 Å². The van der Waals surface area contributed by atoms with Crippen LogP contribution in [0.25, 0.3) is 5.57 Å². The molecule has 0 aliphatic carbocycles. The first kappa shape index (κ1) is 18.3. The lowest BCUT2D eigenvalue weighted by atomic mass is 9.95. The Labute approximate surface area is 148 Å². The maximum absolute atomic E-state index is 11.7. The second-order valence-electron chi connectivity index (χ2n) is 5.40. The Kier molecular flexibility index (Phi) is 6.77. The summed E-state index contributed by atoms with van der Waals surface area (Å²) in [5.74, 6) is -0.346. The zero-order chi connectivity index (χ0) is 18.1. The molecule has 3 rings (SSSR count). The molecule has 130 valence electrons. The maximum atomic E-state index is 11.7. The van der Waals surface area contributed by atoms with Crippen LogP contribution >= 0.6 is 0 Å². The van der Waals surface area contributed by atoms with Crippen LogP contribution in [0.1, 0.15) is 11.1 Å². The van der Waals surface area contributed by atoms with Crippen molar-refractivity contribution >= 4 is 23.4 Å². The quantitative estimate of drug-likeness (QED) is 0.508. The van der Waals surface area contributed by atoms with Crippen LogP contribution in [-0.2, 0) is 14.4 Å². The highest BCUT2D eigenvalue weighted by Gasteiger charge is 2.24. The first-order chi connectivity index (χ1) is 12.2. The molecule has 5 heteroatoms. The van der Waals surface area contributed by atoms with E-state index in [2.05, 4.69) is 29.5 Å². The minimum atomic E-state index is -0.346. The van der Waals surface area contributed by atoms with Gasteiger partial charge in [-0.05, 0) is 18.1 Å². The lowest BCUT2D eigenvalue weighted by Gasteiger charge is -2.20. The predicted molar refractivity (Wildman–Crippen MR) is 99.1 cm³/mol. The van der Waals surface area contributed by atoms with Gasteiger partial charge < -0.3 is 10.1 Å². The summed E-state index contributed by atoms with van der Waals surface area (Å²) in [6.45, 7) is 2.51. The molecule has 0 amide bonds. The summed E-state index contributed by atoms with van der Waals surface area (Å²) in [6.07, 6.45) is 1.66. The number of benzene rings is 2. The molecule has 1 aliphatic rings. The van der Waals surface area contributed by atoms with E-state index in [4.69, 9.17) is 9.57 Å². The monoisotopic (exact) mass is 339 g/mol. The smallest absolute Gasteiger partial charge is 0.336 e. The fourth-order valence-electron chi connectivity index (χ4n) is 2.44. The third kappa shape index (κ3) is 4.94. The zero-order valence-corrected chi connectivity index (χ0v) is 14.7. The van der Waals surface area contributed by atoms with Crippen molar-refractivity contribution in [3.05, 3.63) is 71.3 Å². The molecule has 25 heavy (non-hydrogen) atoms. The van der Waals surface area contributed by atoms with Crippen LogP contribution in [0.2, 0.25) is 0 Å². The number of allylic oxidation sites excluding steroid dienone is 1. The van der Waals surface area contributed by atoms with Gasteiger partial charge in [0, 0.05) is 17.8 Å². The molecule has 1 aliphatic heterocycles. The van der Waals surface area contributed by atoms with Gasteiger partial charge in [0.15, 0.2) is 0 Å². The highest BCUT2D eigenvalue weighted by Crippen LogP contribution is 2.29. The number of carbonyl (C=O) groups is 1. The number of rotatable bonds is 3. The Morgan fingerprint density at radius 2 is 1.76 bits per heavy atom. The number of ether oxygens (including phenoxy) is 1. The molecular formula is C20H23N2O3+. The Bertz CT molecular complexity index is 768. The van der Waals surface area contributed by atoms with Crippen LogP contribution < -0.4 is 10.5 Å². The van der Waals surface area contributed by atoms with Crippen LogP contribution in [0, 0.1) is 6.92 Å². The molecule has 0 aromatic heterocycles. The summed E-state index contributed by atoms with van der Waals surface area (Å²) in [6, 6.07) is 18.0. The van der Waals surface area contributed by atoms with E-state index in [1.165, 1.54) is 19.8 Å². The van der Waals surface area contributed by atoms with E-state index >= 15 is 0 Å². The highest BCUT2D eigenvalue weighted by atomic mass is 16.6. The van der Waals surface area contributed by atoms with Gasteiger partial charge >= 0.3 is 5.97 Å². The van der Waals surface area contributed by atoms with E-state index < -0.39 is 0 Å². The van der Waals surface area contributed by atoms with Gasteiger partial charge in [0.05, 0.1) is 18.3 Å². The molecular weight excluding hydrogens is 316 g/mol. The van der Waals surface area contributed by atoms with Crippen molar-refractivity contribution in [2.75, 3.05) is 26.1 Å². The largest absolute Gasteiger partial charge is 0.466 e. The molecule has 2 aromatic carbocycles. The Morgan fingerprint density at radius 1 is 1.08 bits per heavy atom. The molecule has 0 saturated heterocycles. The van der Waals surface area contributed by atoms with Gasteiger partial charge in [-0.3, -0.25) is 4.84 Å². The molecule has 1 heterocycles. The Hall–Kier alpha value is -3.08. The summed E-state index contributed by atoms with van der Waals surface area (Å²) in [7, 11) is 2.89. The summed E-state index contributed by atoms with van der Waals surface area (Å²) < 4.78 is 4.79. The molecule has 0 radical (unpaired) electrons. The lowest BCUT2D eigenvalue weighted by molar-refractivity contribution is -0.740. The van der Waals surface area contributed by atoms with Gasteiger partial charge in [0.1, 0.15) is 7.11 Å². The summed E-state index contributed by atoms with van der Waals surface area (Å²) >= 11 is 0. The van der Waals surface area contributed by atoms with Crippen molar-refractivity contribution in [3.63, 3.8) is 0 Å². The molecule has 0 atom stereocenters. The van der Waals surface area contributed by atoms with Gasteiger partial charge in [0.25, 0.3) is 0 Å². The zero-order valence-electron chi connectivity index (χ0n) is 14.7. The number of methoxy groups -OCH3 is 1. The molecule has 5 nitrogen and oxygen atoms in total. The lowest BCUT2D eigenvalue weighted by Crippen LogP contribution is -2.67. The second-order valence-corrected chi connectivity index (χ2v) is 5.40. The second kappa shape index (κ2) is 9.27. The minimum absolute atomic E-state index is 0.346. The number of anilines is 1. The Balaban J connectivity index is 0.000000269. The fraction of sp³-hybridized carbons (Fsp3) is 0.200. The number of esters is 1. The minimum Gasteiger partial charge on any atom is -0.466 e. The number of fused-ring (bicyclic) bond motifs is 1. The standard InChI is InChI=1S/C13H14N2O3.C7H8/c1-17-13(16)11-7-14-12-6-4-3-5-9(12)10(11)8-15-18-2;1-7-5-3-2-4-6-7/h3-6,8,14H,7H2,1-2H3;2-6H,1H3/p+1/b15-8-;. The SMILES string of the molecule is CO/[NH+]=C\C1=C(C(=O)OC)CNc2ccccc21.Cc1ccccc1. The summed E-state index contributed by atoms with van der Waals surface area (Å²) in [4.78, 5) is 16.6. The van der Waals surface area contributed by atoms with E-state index in [1.54, 1.807) is 6.21 Å². The predicted octanol–water partition coefficient (Wildman–Crippen LogP) is 1.75. The van der Waals surface area contributed by atoms with Gasteiger partial charge in [-0.15, -0.1) is 0 Å². The van der Waals surface area contributed by atoms with E-state index in [0.29, 0.717) is 12.1 Å². The van der Waals surface area contributed by atoms with E-state index in [0.717, 1.165) is 16.8 Å². The fourth-order valence-corrected chi connectivity index (χ4v) is 2.44. The van der Waals surface area contributed by atoms with E-state index in [9.17, 15) is 4.79 Å². The average Bonchev–Trinajstić information content (AvgIpc) is 2.66.